The van der Waals surface area contributed by atoms with E-state index < -0.39 is 11.6 Å². The van der Waals surface area contributed by atoms with Crippen molar-refractivity contribution in [2.24, 2.45) is 11.7 Å². The van der Waals surface area contributed by atoms with Crippen molar-refractivity contribution in [1.29, 1.82) is 0 Å². The van der Waals surface area contributed by atoms with Gasteiger partial charge in [0.25, 0.3) is 0 Å². The van der Waals surface area contributed by atoms with Gasteiger partial charge in [0, 0.05) is 35.6 Å². The maximum absolute atomic E-state index is 14.4. The third-order valence-corrected chi connectivity index (χ3v) is 5.86. The van der Waals surface area contributed by atoms with E-state index in [0.29, 0.717) is 18.0 Å². The van der Waals surface area contributed by atoms with Gasteiger partial charge in [0.2, 0.25) is 0 Å². The molecule has 0 unspecified atom stereocenters. The largest absolute Gasteiger partial charge is 0.345 e. The summed E-state index contributed by atoms with van der Waals surface area (Å²) in [4.78, 5) is 0. The summed E-state index contributed by atoms with van der Waals surface area (Å²) in [6.07, 6.45) is 7.85. The van der Waals surface area contributed by atoms with Crippen molar-refractivity contribution >= 4 is 0 Å². The van der Waals surface area contributed by atoms with Gasteiger partial charge in [-0.15, -0.1) is 0 Å². The maximum atomic E-state index is 14.4. The fraction of sp³-hybridized carbons (Fsp3) is 0.333. The smallest absolute Gasteiger partial charge is 0.131 e. The van der Waals surface area contributed by atoms with E-state index in [1.165, 1.54) is 31.4 Å². The molecule has 1 saturated carbocycles. The van der Waals surface area contributed by atoms with E-state index in [4.69, 9.17) is 5.73 Å². The Morgan fingerprint density at radius 1 is 0.964 bits per heavy atom. The predicted octanol–water partition coefficient (Wildman–Crippen LogP) is 6.06. The van der Waals surface area contributed by atoms with Gasteiger partial charge < -0.3 is 10.3 Å². The molecule has 1 heterocycles. The van der Waals surface area contributed by atoms with Gasteiger partial charge in [-0.05, 0) is 48.6 Å². The Hall–Kier alpha value is -2.46. The molecule has 2 nitrogen and oxygen atoms in total. The number of benzene rings is 2. The molecule has 1 fully saturated rings. The molecule has 3 aromatic rings. The number of hydrogen-bond acceptors (Lipinski definition) is 1. The zero-order chi connectivity index (χ0) is 19.5. The summed E-state index contributed by atoms with van der Waals surface area (Å²) in [5.41, 5.74) is 9.80. The first kappa shape index (κ1) is 18.9. The third-order valence-electron chi connectivity index (χ3n) is 5.86. The van der Waals surface area contributed by atoms with Crippen molar-refractivity contribution in [2.45, 2.75) is 44.7 Å². The number of halogens is 2. The lowest BCUT2D eigenvalue weighted by atomic mass is 9.83. The van der Waals surface area contributed by atoms with E-state index in [9.17, 15) is 8.78 Å². The molecule has 28 heavy (non-hydrogen) atoms. The van der Waals surface area contributed by atoms with Crippen LogP contribution in [0.5, 0.6) is 0 Å². The predicted molar refractivity (Wildman–Crippen MR) is 109 cm³/mol. The van der Waals surface area contributed by atoms with Crippen LogP contribution >= 0.6 is 0 Å². The lowest BCUT2D eigenvalue weighted by Crippen LogP contribution is -2.26. The molecular formula is C24H26F2N2. The zero-order valence-corrected chi connectivity index (χ0v) is 16.0. The summed E-state index contributed by atoms with van der Waals surface area (Å²) < 4.78 is 30.2. The normalized spacial score (nSPS) is 16.2. The van der Waals surface area contributed by atoms with Crippen LogP contribution in [-0.4, -0.2) is 4.57 Å². The SMILES string of the molecule is N[C@@H](c1cc(-c2cc(F)ccc2F)cn1Cc1ccccc1)C1CCCCC1. The van der Waals surface area contributed by atoms with Gasteiger partial charge in [0.1, 0.15) is 11.6 Å². The number of nitrogens with two attached hydrogens (primary N) is 1. The summed E-state index contributed by atoms with van der Waals surface area (Å²) in [7, 11) is 0. The molecule has 0 bridgehead atoms. The Bertz CT molecular complexity index is 927. The average molecular weight is 380 g/mol. The van der Waals surface area contributed by atoms with Crippen LogP contribution in [0.2, 0.25) is 0 Å². The standard InChI is InChI=1S/C24H26F2N2/c25-20-11-12-22(26)21(14-20)19-13-23(24(27)18-9-5-2-6-10-18)28(16-19)15-17-7-3-1-4-8-17/h1,3-4,7-8,11-14,16,18,24H,2,5-6,9-10,15,27H2/t24-/m1/s1. The molecule has 4 rings (SSSR count). The van der Waals surface area contributed by atoms with Gasteiger partial charge in [-0.25, -0.2) is 8.78 Å². The zero-order valence-electron chi connectivity index (χ0n) is 16.0. The van der Waals surface area contributed by atoms with Gasteiger partial charge >= 0.3 is 0 Å². The van der Waals surface area contributed by atoms with Gasteiger partial charge in [-0.2, -0.15) is 0 Å². The first-order chi connectivity index (χ1) is 13.6. The number of aromatic nitrogens is 1. The molecule has 1 aromatic heterocycles. The summed E-state index contributed by atoms with van der Waals surface area (Å²) in [5, 5.41) is 0. The molecule has 4 heteroatoms. The highest BCUT2D eigenvalue weighted by atomic mass is 19.1. The monoisotopic (exact) mass is 380 g/mol. The molecule has 0 radical (unpaired) electrons. The quantitative estimate of drug-likeness (QED) is 0.573. The minimum Gasteiger partial charge on any atom is -0.345 e. The minimum absolute atomic E-state index is 0.102. The topological polar surface area (TPSA) is 30.9 Å². The molecule has 0 spiro atoms. The lowest BCUT2D eigenvalue weighted by Gasteiger charge is -2.28. The highest BCUT2D eigenvalue weighted by Crippen LogP contribution is 2.36. The molecule has 0 aliphatic heterocycles. The van der Waals surface area contributed by atoms with Crippen LogP contribution in [-0.2, 0) is 6.54 Å². The van der Waals surface area contributed by atoms with Crippen molar-refractivity contribution in [3.8, 4) is 11.1 Å². The molecule has 0 saturated heterocycles. The summed E-state index contributed by atoms with van der Waals surface area (Å²) in [6, 6.07) is 15.6. The van der Waals surface area contributed by atoms with Gasteiger partial charge in [-0.1, -0.05) is 49.6 Å². The lowest BCUT2D eigenvalue weighted by molar-refractivity contribution is 0.301. The van der Waals surface area contributed by atoms with E-state index in [2.05, 4.69) is 16.7 Å². The molecule has 1 aliphatic carbocycles. The van der Waals surface area contributed by atoms with Crippen LogP contribution in [0.4, 0.5) is 8.78 Å². The van der Waals surface area contributed by atoms with Crippen molar-refractivity contribution in [2.75, 3.05) is 0 Å². The van der Waals surface area contributed by atoms with Gasteiger partial charge in [0.15, 0.2) is 0 Å². The fourth-order valence-corrected chi connectivity index (χ4v) is 4.33. The molecule has 0 amide bonds. The Kier molecular flexibility index (Phi) is 5.58. The Morgan fingerprint density at radius 2 is 1.71 bits per heavy atom. The second-order valence-electron chi connectivity index (χ2n) is 7.82. The van der Waals surface area contributed by atoms with E-state index in [1.807, 2.05) is 30.5 Å². The van der Waals surface area contributed by atoms with Crippen LogP contribution in [0, 0.1) is 17.6 Å². The van der Waals surface area contributed by atoms with Crippen molar-refractivity contribution in [3.63, 3.8) is 0 Å². The second kappa shape index (κ2) is 8.27. The first-order valence-corrected chi connectivity index (χ1v) is 10.1. The number of nitrogens with zero attached hydrogens (tertiary/aromatic N) is 1. The molecule has 2 aromatic carbocycles. The average Bonchev–Trinajstić information content (AvgIpc) is 3.14. The van der Waals surface area contributed by atoms with Crippen molar-refractivity contribution < 1.29 is 8.78 Å². The highest BCUT2D eigenvalue weighted by Gasteiger charge is 2.25. The van der Waals surface area contributed by atoms with Crippen LogP contribution < -0.4 is 5.73 Å². The second-order valence-corrected chi connectivity index (χ2v) is 7.82. The number of hydrogen-bond donors (Lipinski definition) is 1. The van der Waals surface area contributed by atoms with Gasteiger partial charge in [0.05, 0.1) is 0 Å². The molecule has 1 atom stereocenters. The molecule has 1 aliphatic rings. The number of rotatable bonds is 5. The Labute approximate surface area is 165 Å². The molecular weight excluding hydrogens is 354 g/mol. The van der Waals surface area contributed by atoms with Crippen LogP contribution in [0.15, 0.2) is 60.8 Å². The molecule has 2 N–H and O–H groups in total. The van der Waals surface area contributed by atoms with Crippen LogP contribution in [0.25, 0.3) is 11.1 Å². The van der Waals surface area contributed by atoms with Crippen molar-refractivity contribution in [3.05, 3.63) is 83.7 Å². The summed E-state index contributed by atoms with van der Waals surface area (Å²) in [6.45, 7) is 0.660. The van der Waals surface area contributed by atoms with Crippen LogP contribution in [0.1, 0.15) is 49.4 Å². The van der Waals surface area contributed by atoms with E-state index in [0.717, 1.165) is 30.2 Å². The van der Waals surface area contributed by atoms with E-state index in [1.54, 1.807) is 0 Å². The third kappa shape index (κ3) is 4.02. The minimum atomic E-state index is -0.440. The molecule has 146 valence electrons. The Balaban J connectivity index is 1.73. The fourth-order valence-electron chi connectivity index (χ4n) is 4.33. The van der Waals surface area contributed by atoms with Crippen LogP contribution in [0.3, 0.4) is 0 Å². The van der Waals surface area contributed by atoms with E-state index >= 15 is 0 Å². The Morgan fingerprint density at radius 3 is 2.46 bits per heavy atom. The van der Waals surface area contributed by atoms with E-state index in [-0.39, 0.29) is 11.6 Å². The van der Waals surface area contributed by atoms with Gasteiger partial charge in [-0.3, -0.25) is 0 Å². The van der Waals surface area contributed by atoms with Crippen molar-refractivity contribution in [1.82, 2.24) is 4.57 Å². The first-order valence-electron chi connectivity index (χ1n) is 10.1. The maximum Gasteiger partial charge on any atom is 0.131 e. The summed E-state index contributed by atoms with van der Waals surface area (Å²) >= 11 is 0. The highest BCUT2D eigenvalue weighted by molar-refractivity contribution is 5.65. The summed E-state index contributed by atoms with van der Waals surface area (Å²) in [5.74, 6) is -0.426.